The second-order valence-electron chi connectivity index (χ2n) is 3.27. The molecule has 1 aromatic heterocycles. The predicted octanol–water partition coefficient (Wildman–Crippen LogP) is 4.01. The van der Waals surface area contributed by atoms with Gasteiger partial charge in [-0.1, -0.05) is 23.2 Å². The fraction of sp³-hybridized carbons (Fsp3) is 0.182. The van der Waals surface area contributed by atoms with Gasteiger partial charge in [-0.3, -0.25) is 0 Å². The number of carbonyl (C=O) groups excluding carboxylic acids is 1. The summed E-state index contributed by atoms with van der Waals surface area (Å²) in [5.74, 6) is 0.266. The highest BCUT2D eigenvalue weighted by Gasteiger charge is 2.10. The Morgan fingerprint density at radius 1 is 1.35 bits per heavy atom. The summed E-state index contributed by atoms with van der Waals surface area (Å²) in [6.07, 6.45) is -0.763. The molecule has 1 N–H and O–H groups in total. The number of carbonyl (C=O) groups is 1. The van der Waals surface area contributed by atoms with E-state index in [1.165, 1.54) is 0 Å². The molecule has 2 rings (SSSR count). The molecule has 0 spiro atoms. The normalized spacial score (nSPS) is 10.5. The van der Waals surface area contributed by atoms with Crippen LogP contribution in [-0.4, -0.2) is 17.7 Å². The number of hydrogen-bond donors (Lipinski definition) is 1. The van der Waals surface area contributed by atoms with Crippen molar-refractivity contribution in [3.8, 4) is 5.88 Å². The van der Waals surface area contributed by atoms with Crippen molar-refractivity contribution in [1.82, 2.24) is 4.98 Å². The van der Waals surface area contributed by atoms with Crippen molar-refractivity contribution >= 4 is 40.3 Å². The van der Waals surface area contributed by atoms with E-state index in [4.69, 9.17) is 27.9 Å². The molecule has 1 aromatic carbocycles. The summed E-state index contributed by atoms with van der Waals surface area (Å²) in [7, 11) is 0. The Labute approximate surface area is 107 Å². The first-order valence-electron chi connectivity index (χ1n) is 4.92. The molecule has 0 fully saturated rings. The van der Waals surface area contributed by atoms with Crippen LogP contribution in [-0.2, 0) is 4.74 Å². The van der Waals surface area contributed by atoms with Gasteiger partial charge in [0.15, 0.2) is 0 Å². The number of aromatic amines is 1. The monoisotopic (exact) mass is 273 g/mol. The van der Waals surface area contributed by atoms with Gasteiger partial charge in [0.2, 0.25) is 5.88 Å². The first kappa shape index (κ1) is 12.1. The molecule has 90 valence electrons. The molecule has 4 nitrogen and oxygen atoms in total. The van der Waals surface area contributed by atoms with Crippen LogP contribution < -0.4 is 4.74 Å². The number of H-pyrrole nitrogens is 1. The summed E-state index contributed by atoms with van der Waals surface area (Å²) < 4.78 is 9.57. The maximum atomic E-state index is 11.1. The maximum Gasteiger partial charge on any atom is 0.515 e. The summed E-state index contributed by atoms with van der Waals surface area (Å²) >= 11 is 11.8. The Morgan fingerprint density at radius 3 is 2.82 bits per heavy atom. The van der Waals surface area contributed by atoms with Crippen molar-refractivity contribution in [3.63, 3.8) is 0 Å². The van der Waals surface area contributed by atoms with Crippen LogP contribution in [0.5, 0.6) is 5.88 Å². The average molecular weight is 274 g/mol. The maximum absolute atomic E-state index is 11.1. The molecule has 0 aliphatic heterocycles. The number of ether oxygens (including phenoxy) is 2. The predicted molar refractivity (Wildman–Crippen MR) is 66.0 cm³/mol. The second-order valence-corrected chi connectivity index (χ2v) is 4.11. The minimum Gasteiger partial charge on any atom is -0.434 e. The number of aromatic nitrogens is 1. The highest BCUT2D eigenvalue weighted by molar-refractivity contribution is 6.38. The van der Waals surface area contributed by atoms with Crippen LogP contribution in [0, 0.1) is 0 Å². The molecular formula is C11H9Cl2NO3. The van der Waals surface area contributed by atoms with E-state index in [0.717, 1.165) is 5.39 Å². The Morgan fingerprint density at radius 2 is 2.12 bits per heavy atom. The van der Waals surface area contributed by atoms with Crippen LogP contribution in [0.25, 0.3) is 10.9 Å². The van der Waals surface area contributed by atoms with E-state index in [0.29, 0.717) is 15.6 Å². The number of halogens is 2. The molecule has 1 heterocycles. The third kappa shape index (κ3) is 2.65. The van der Waals surface area contributed by atoms with E-state index in [1.807, 2.05) is 0 Å². The molecule has 6 heteroatoms. The van der Waals surface area contributed by atoms with E-state index in [9.17, 15) is 4.79 Å². The molecular weight excluding hydrogens is 265 g/mol. The lowest BCUT2D eigenvalue weighted by Crippen LogP contribution is -2.09. The zero-order chi connectivity index (χ0) is 12.4. The van der Waals surface area contributed by atoms with Gasteiger partial charge in [0.05, 0.1) is 17.1 Å². The van der Waals surface area contributed by atoms with E-state index in [-0.39, 0.29) is 12.5 Å². The molecule has 0 atom stereocenters. The Hall–Kier alpha value is -1.39. The van der Waals surface area contributed by atoms with Gasteiger partial charge < -0.3 is 14.5 Å². The van der Waals surface area contributed by atoms with Crippen molar-refractivity contribution < 1.29 is 14.3 Å². The third-order valence-electron chi connectivity index (χ3n) is 2.08. The molecule has 0 bridgehead atoms. The van der Waals surface area contributed by atoms with Gasteiger partial charge in [0.1, 0.15) is 0 Å². The Bertz CT molecular complexity index is 565. The highest BCUT2D eigenvalue weighted by atomic mass is 35.5. The van der Waals surface area contributed by atoms with Crippen molar-refractivity contribution in [3.05, 3.63) is 28.2 Å². The van der Waals surface area contributed by atoms with Crippen molar-refractivity contribution in [1.29, 1.82) is 0 Å². The van der Waals surface area contributed by atoms with Crippen molar-refractivity contribution in [2.24, 2.45) is 0 Å². The van der Waals surface area contributed by atoms with Gasteiger partial charge in [0.25, 0.3) is 0 Å². The summed E-state index contributed by atoms with van der Waals surface area (Å²) in [4.78, 5) is 14.0. The van der Waals surface area contributed by atoms with Gasteiger partial charge in [0, 0.05) is 16.5 Å². The molecule has 17 heavy (non-hydrogen) atoms. The van der Waals surface area contributed by atoms with Crippen molar-refractivity contribution in [2.75, 3.05) is 6.61 Å². The number of nitrogens with one attached hydrogen (secondary N) is 1. The topological polar surface area (TPSA) is 51.3 Å². The fourth-order valence-electron chi connectivity index (χ4n) is 1.43. The van der Waals surface area contributed by atoms with Crippen LogP contribution in [0.1, 0.15) is 6.92 Å². The van der Waals surface area contributed by atoms with Crippen LogP contribution >= 0.6 is 23.2 Å². The zero-order valence-corrected chi connectivity index (χ0v) is 10.4. The Balaban J connectivity index is 2.32. The molecule has 0 aliphatic rings. The van der Waals surface area contributed by atoms with Crippen LogP contribution in [0.3, 0.4) is 0 Å². The van der Waals surface area contributed by atoms with E-state index < -0.39 is 6.16 Å². The van der Waals surface area contributed by atoms with E-state index in [2.05, 4.69) is 9.72 Å². The largest absolute Gasteiger partial charge is 0.515 e. The first-order valence-corrected chi connectivity index (χ1v) is 5.68. The van der Waals surface area contributed by atoms with E-state index in [1.54, 1.807) is 25.1 Å². The highest BCUT2D eigenvalue weighted by Crippen LogP contribution is 2.30. The van der Waals surface area contributed by atoms with Gasteiger partial charge in [-0.05, 0) is 19.1 Å². The lowest BCUT2D eigenvalue weighted by Gasteiger charge is -1.99. The smallest absolute Gasteiger partial charge is 0.434 e. The summed E-state index contributed by atoms with van der Waals surface area (Å²) in [5, 5.41) is 1.73. The molecule has 0 radical (unpaired) electrons. The molecule has 0 saturated heterocycles. The summed E-state index contributed by atoms with van der Waals surface area (Å²) in [5.41, 5.74) is 0.696. The molecule has 0 amide bonds. The minimum absolute atomic E-state index is 0.256. The zero-order valence-electron chi connectivity index (χ0n) is 8.92. The van der Waals surface area contributed by atoms with Gasteiger partial charge >= 0.3 is 6.16 Å². The molecule has 0 aliphatic carbocycles. The summed E-state index contributed by atoms with van der Waals surface area (Å²) in [6.45, 7) is 1.95. The standard InChI is InChI=1S/C11H9Cl2NO3/c1-2-16-11(15)17-10-5-7-8(13)3-6(12)4-9(7)14-10/h3-5,14H,2H2,1H3. The first-order chi connectivity index (χ1) is 8.10. The van der Waals surface area contributed by atoms with Gasteiger partial charge in [-0.25, -0.2) is 4.79 Å². The average Bonchev–Trinajstić information content (AvgIpc) is 2.60. The number of rotatable bonds is 2. The van der Waals surface area contributed by atoms with Crippen LogP contribution in [0.2, 0.25) is 10.0 Å². The van der Waals surface area contributed by atoms with E-state index >= 15 is 0 Å². The van der Waals surface area contributed by atoms with Crippen LogP contribution in [0.15, 0.2) is 18.2 Å². The molecule has 0 saturated carbocycles. The summed E-state index contributed by atoms with van der Waals surface area (Å²) in [6, 6.07) is 4.93. The number of benzene rings is 1. The van der Waals surface area contributed by atoms with Gasteiger partial charge in [-0.2, -0.15) is 0 Å². The van der Waals surface area contributed by atoms with Crippen molar-refractivity contribution in [2.45, 2.75) is 6.92 Å². The Kier molecular flexibility index (Phi) is 3.45. The lowest BCUT2D eigenvalue weighted by molar-refractivity contribution is 0.103. The quantitative estimate of drug-likeness (QED) is 0.842. The lowest BCUT2D eigenvalue weighted by atomic mass is 10.2. The van der Waals surface area contributed by atoms with Gasteiger partial charge in [-0.15, -0.1) is 0 Å². The number of hydrogen-bond acceptors (Lipinski definition) is 3. The third-order valence-corrected chi connectivity index (χ3v) is 2.61. The fourth-order valence-corrected chi connectivity index (χ4v) is 1.97. The minimum atomic E-state index is -0.763. The van der Waals surface area contributed by atoms with Crippen LogP contribution in [0.4, 0.5) is 4.79 Å². The second kappa shape index (κ2) is 4.85. The molecule has 2 aromatic rings. The molecule has 0 unspecified atom stereocenters. The SMILES string of the molecule is CCOC(=O)Oc1cc2c(Cl)cc(Cl)cc2[nH]1. The number of fused-ring (bicyclic) bond motifs is 1.